The molecule has 98 valence electrons. The summed E-state index contributed by atoms with van der Waals surface area (Å²) in [5.74, 6) is 0. The highest BCUT2D eigenvalue weighted by Gasteiger charge is 2.25. The zero-order valence-electron chi connectivity index (χ0n) is 13.3. The van der Waals surface area contributed by atoms with Gasteiger partial charge in [0.15, 0.2) is 0 Å². The van der Waals surface area contributed by atoms with Gasteiger partial charge in [0, 0.05) is 15.0 Å². The van der Waals surface area contributed by atoms with E-state index in [0.29, 0.717) is 32.8 Å². The lowest BCUT2D eigenvalue weighted by Crippen LogP contribution is -2.44. The van der Waals surface area contributed by atoms with Crippen molar-refractivity contribution in [3.05, 3.63) is 5.56 Å². The molecule has 0 N–H and O–H groups in total. The molecule has 0 aliphatic heterocycles. The van der Waals surface area contributed by atoms with E-state index in [2.05, 4.69) is 25.8 Å². The van der Waals surface area contributed by atoms with E-state index in [0.717, 1.165) is 20.3 Å². The minimum absolute atomic E-state index is 0.182. The molecule has 0 saturated carbocycles. The van der Waals surface area contributed by atoms with Crippen molar-refractivity contribution in [1.29, 1.82) is 0 Å². The van der Waals surface area contributed by atoms with E-state index < -0.39 is 0 Å². The summed E-state index contributed by atoms with van der Waals surface area (Å²) >= 11 is 1.46. The highest BCUT2D eigenvalue weighted by atomic mass is 32.1. The van der Waals surface area contributed by atoms with E-state index in [1.807, 2.05) is 0 Å². The monoisotopic (exact) mass is 301 g/mol. The molecule has 8 heteroatoms. The molecule has 0 saturated heterocycles. The molecule has 0 aliphatic carbocycles. The molecule has 0 aliphatic rings. The van der Waals surface area contributed by atoms with Crippen LogP contribution in [0.3, 0.4) is 0 Å². The Hall–Kier alpha value is -1.02. The Bertz CT molecular complexity index is 970. The molecule has 12 radical (unpaired) electrons. The van der Waals surface area contributed by atoms with Crippen molar-refractivity contribution in [2.24, 2.45) is 0 Å². The van der Waals surface area contributed by atoms with Crippen LogP contribution in [0.4, 0.5) is 0 Å². The quantitative estimate of drug-likeness (QED) is 0.419. The Morgan fingerprint density at radius 2 is 1.26 bits per heavy atom. The van der Waals surface area contributed by atoms with E-state index in [9.17, 15) is 0 Å². The van der Waals surface area contributed by atoms with Crippen LogP contribution in [0, 0.1) is 0 Å². The molecule has 3 rings (SSSR count). The van der Waals surface area contributed by atoms with Gasteiger partial charge in [0.25, 0.3) is 0 Å². The first-order chi connectivity index (χ1) is 10.6. The highest BCUT2D eigenvalue weighted by molar-refractivity contribution is 7.27. The summed E-state index contributed by atoms with van der Waals surface area (Å²) in [6.45, 7) is 6.20. The van der Waals surface area contributed by atoms with Crippen LogP contribution in [-0.2, 0) is 5.41 Å². The number of thiophene rings is 1. The van der Waals surface area contributed by atoms with Crippen LogP contribution in [0.1, 0.15) is 26.3 Å². The number of nitrogens with zero attached hydrogens (tertiary/aromatic N) is 1. The average molecular weight is 300 g/mol. The summed E-state index contributed by atoms with van der Waals surface area (Å²) in [4.78, 5) is 4.10. The number of fused-ring (bicyclic) bond motifs is 3. The van der Waals surface area contributed by atoms with Gasteiger partial charge in [0.05, 0.1) is 0 Å². The standard InChI is InChI=1S/C15H9B6NS/c1-15(2,3)6-9(18)10(19)7(16)4-5-8(17)13(20)22-14(21)12(5)23-11(4)6/h1-3H3. The van der Waals surface area contributed by atoms with Gasteiger partial charge >= 0.3 is 0 Å². The summed E-state index contributed by atoms with van der Waals surface area (Å²) < 4.78 is 1.66. The van der Waals surface area contributed by atoms with Gasteiger partial charge in [-0.15, -0.1) is 16.8 Å². The van der Waals surface area contributed by atoms with Gasteiger partial charge in [0.2, 0.25) is 0 Å². The number of rotatable bonds is 0. The van der Waals surface area contributed by atoms with E-state index in [1.165, 1.54) is 11.3 Å². The summed E-state index contributed by atoms with van der Waals surface area (Å²) in [6.07, 6.45) is 0. The van der Waals surface area contributed by atoms with E-state index in [-0.39, 0.29) is 11.0 Å². The molecule has 0 bridgehead atoms. The van der Waals surface area contributed by atoms with Crippen molar-refractivity contribution in [1.82, 2.24) is 4.98 Å². The predicted molar refractivity (Wildman–Crippen MR) is 108 cm³/mol. The topological polar surface area (TPSA) is 12.9 Å². The Morgan fingerprint density at radius 3 is 1.83 bits per heavy atom. The van der Waals surface area contributed by atoms with E-state index in [4.69, 9.17) is 47.1 Å². The van der Waals surface area contributed by atoms with Crippen LogP contribution in [-0.4, -0.2) is 52.1 Å². The van der Waals surface area contributed by atoms with E-state index >= 15 is 0 Å². The SMILES string of the molecule is [B]c1nc([B])c2sc3c(C(C)(C)C)c([B])c([B])c([B])c3c2c1[B]. The van der Waals surface area contributed by atoms with Gasteiger partial charge in [-0.3, -0.25) is 4.98 Å². The van der Waals surface area contributed by atoms with Crippen LogP contribution >= 0.6 is 11.3 Å². The summed E-state index contributed by atoms with van der Waals surface area (Å²) in [7, 11) is 36.7. The molecule has 1 aromatic carbocycles. The minimum Gasteiger partial charge on any atom is -0.280 e. The normalized spacial score (nSPS) is 12.3. The van der Waals surface area contributed by atoms with Crippen molar-refractivity contribution < 1.29 is 0 Å². The lowest BCUT2D eigenvalue weighted by molar-refractivity contribution is 0.601. The lowest BCUT2D eigenvalue weighted by atomic mass is 9.65. The number of benzene rings is 1. The van der Waals surface area contributed by atoms with Crippen molar-refractivity contribution in [2.75, 3.05) is 0 Å². The van der Waals surface area contributed by atoms with Gasteiger partial charge in [0.1, 0.15) is 47.1 Å². The molecule has 3 aromatic rings. The summed E-state index contributed by atoms with van der Waals surface area (Å²) in [5.41, 5.74) is 2.81. The smallest absolute Gasteiger partial charge is 0.143 e. The Kier molecular flexibility index (Phi) is 3.83. The summed E-state index contributed by atoms with van der Waals surface area (Å²) in [5, 5.41) is 1.45. The molecule has 0 spiro atoms. The Balaban J connectivity index is 2.71. The molecule has 23 heavy (non-hydrogen) atoms. The largest absolute Gasteiger partial charge is 0.280 e. The van der Waals surface area contributed by atoms with Crippen LogP contribution in [0.15, 0.2) is 0 Å². The number of aromatic nitrogens is 1. The van der Waals surface area contributed by atoms with Gasteiger partial charge in [-0.05, 0) is 27.3 Å². The third kappa shape index (κ3) is 2.33. The first-order valence-corrected chi connectivity index (χ1v) is 7.90. The average Bonchev–Trinajstić information content (AvgIpc) is 2.81. The van der Waals surface area contributed by atoms with Crippen molar-refractivity contribution in [3.63, 3.8) is 0 Å². The molecular formula is C15H9B6NS. The van der Waals surface area contributed by atoms with Crippen LogP contribution in [0.5, 0.6) is 0 Å². The number of hydrogen-bond donors (Lipinski definition) is 0. The van der Waals surface area contributed by atoms with Gasteiger partial charge in [-0.1, -0.05) is 37.2 Å². The third-order valence-corrected chi connectivity index (χ3v) is 5.25. The predicted octanol–water partition coefficient (Wildman–Crippen LogP) is -2.49. The maximum absolute atomic E-state index is 6.26. The highest BCUT2D eigenvalue weighted by Crippen LogP contribution is 2.36. The zero-order chi connectivity index (χ0) is 17.3. The van der Waals surface area contributed by atoms with Crippen molar-refractivity contribution in [2.45, 2.75) is 26.2 Å². The Labute approximate surface area is 148 Å². The van der Waals surface area contributed by atoms with Gasteiger partial charge in [-0.25, -0.2) is 0 Å². The fourth-order valence-electron chi connectivity index (χ4n) is 2.95. The maximum Gasteiger partial charge on any atom is 0.143 e. The second-order valence-electron chi connectivity index (χ2n) is 6.67. The molecule has 0 atom stereocenters. The third-order valence-electron chi connectivity index (χ3n) is 4.02. The molecule has 2 aromatic heterocycles. The molecule has 0 amide bonds. The van der Waals surface area contributed by atoms with Crippen LogP contribution in [0.25, 0.3) is 20.2 Å². The Morgan fingerprint density at radius 1 is 0.696 bits per heavy atom. The summed E-state index contributed by atoms with van der Waals surface area (Å²) in [6, 6.07) is 0. The lowest BCUT2D eigenvalue weighted by Gasteiger charge is -2.26. The number of hydrogen-bond acceptors (Lipinski definition) is 2. The molecule has 1 nitrogen and oxygen atoms in total. The zero-order valence-corrected chi connectivity index (χ0v) is 14.1. The van der Waals surface area contributed by atoms with Crippen molar-refractivity contribution >= 4 is 112 Å². The molecule has 2 heterocycles. The second-order valence-corrected chi connectivity index (χ2v) is 7.69. The number of pyridine rings is 1. The van der Waals surface area contributed by atoms with Crippen LogP contribution in [0.2, 0.25) is 0 Å². The first-order valence-electron chi connectivity index (χ1n) is 7.09. The van der Waals surface area contributed by atoms with E-state index in [1.54, 1.807) is 0 Å². The first kappa shape index (κ1) is 16.8. The van der Waals surface area contributed by atoms with Crippen molar-refractivity contribution in [3.8, 4) is 0 Å². The second kappa shape index (κ2) is 5.24. The minimum atomic E-state index is -0.229. The van der Waals surface area contributed by atoms with Gasteiger partial charge < -0.3 is 0 Å². The molecule has 0 fully saturated rings. The molecule has 0 unspecified atom stereocenters. The fourth-order valence-corrected chi connectivity index (χ4v) is 4.45. The molecular weight excluding hydrogens is 291 g/mol. The fraction of sp³-hybridized carbons (Fsp3) is 0.267. The van der Waals surface area contributed by atoms with Gasteiger partial charge in [-0.2, -0.15) is 0 Å². The van der Waals surface area contributed by atoms with Crippen LogP contribution < -0.4 is 33.0 Å². The maximum atomic E-state index is 6.26.